The third kappa shape index (κ3) is 6.64. The molecule has 1 aromatic rings. The molecule has 7 heteroatoms. The van der Waals surface area contributed by atoms with Crippen molar-refractivity contribution < 1.29 is 9.53 Å². The van der Waals surface area contributed by atoms with Crippen molar-refractivity contribution in [1.29, 1.82) is 0 Å². The number of hydrogen-bond acceptors (Lipinski definition) is 3. The van der Waals surface area contributed by atoms with E-state index in [9.17, 15) is 4.79 Å². The number of carbonyl (C=O) groups is 1. The molecule has 24 heavy (non-hydrogen) atoms. The number of carbonyl (C=O) groups excluding carboxylic acids is 1. The number of amides is 1. The lowest BCUT2D eigenvalue weighted by Crippen LogP contribution is -2.40. The Kier molecular flexibility index (Phi) is 9.05. The van der Waals surface area contributed by atoms with Crippen LogP contribution in [0.4, 0.5) is 5.69 Å². The van der Waals surface area contributed by atoms with Crippen molar-refractivity contribution in [2.45, 2.75) is 45.4 Å². The molecule has 1 aliphatic rings. The summed E-state index contributed by atoms with van der Waals surface area (Å²) in [4.78, 5) is 16.3. The molecule has 0 saturated carbocycles. The molecule has 6 nitrogen and oxygen atoms in total. The molecule has 1 atom stereocenters. The molecule has 3 N–H and O–H groups in total. The maximum Gasteiger partial charge on any atom is 0.253 e. The third-order valence-electron chi connectivity index (χ3n) is 3.53. The number of ether oxygens (including phenoxy) is 1. The van der Waals surface area contributed by atoms with Crippen molar-refractivity contribution >= 4 is 41.5 Å². The SMILES string of the molecule is CN=C(NCc1cccc(NC(=O)C2CCCO2)c1)NC(C)C.I. The maximum atomic E-state index is 12.1. The van der Waals surface area contributed by atoms with Gasteiger partial charge in [0.25, 0.3) is 5.91 Å². The summed E-state index contributed by atoms with van der Waals surface area (Å²) in [6.45, 7) is 5.43. The first-order valence-electron chi connectivity index (χ1n) is 8.07. The summed E-state index contributed by atoms with van der Waals surface area (Å²) in [5, 5.41) is 9.41. The van der Waals surface area contributed by atoms with Crippen LogP contribution in [0.15, 0.2) is 29.3 Å². The molecule has 0 bridgehead atoms. The lowest BCUT2D eigenvalue weighted by atomic mass is 10.2. The highest BCUT2D eigenvalue weighted by Gasteiger charge is 2.23. The Hall–Kier alpha value is -1.35. The molecule has 0 spiro atoms. The second-order valence-electron chi connectivity index (χ2n) is 5.92. The van der Waals surface area contributed by atoms with Gasteiger partial charge in [-0.25, -0.2) is 0 Å². The molecular weight excluding hydrogens is 419 g/mol. The van der Waals surface area contributed by atoms with Crippen molar-refractivity contribution in [3.8, 4) is 0 Å². The number of guanidine groups is 1. The van der Waals surface area contributed by atoms with Crippen LogP contribution in [0.1, 0.15) is 32.3 Å². The molecule has 1 unspecified atom stereocenters. The van der Waals surface area contributed by atoms with E-state index in [2.05, 4.69) is 34.8 Å². The predicted octanol–water partition coefficient (Wildman–Crippen LogP) is 2.50. The normalized spacial score (nSPS) is 17.3. The van der Waals surface area contributed by atoms with E-state index in [4.69, 9.17) is 4.74 Å². The Bertz CT molecular complexity index is 557. The monoisotopic (exact) mass is 446 g/mol. The number of benzene rings is 1. The predicted molar refractivity (Wildman–Crippen MR) is 108 cm³/mol. The largest absolute Gasteiger partial charge is 0.368 e. The van der Waals surface area contributed by atoms with Gasteiger partial charge in [-0.15, -0.1) is 24.0 Å². The minimum Gasteiger partial charge on any atom is -0.368 e. The van der Waals surface area contributed by atoms with Crippen LogP contribution in [-0.2, 0) is 16.1 Å². The van der Waals surface area contributed by atoms with Crippen molar-refractivity contribution in [1.82, 2.24) is 10.6 Å². The number of anilines is 1. The van der Waals surface area contributed by atoms with Gasteiger partial charge in [0.15, 0.2) is 5.96 Å². The van der Waals surface area contributed by atoms with Crippen LogP contribution in [0.2, 0.25) is 0 Å². The van der Waals surface area contributed by atoms with E-state index in [1.807, 2.05) is 24.3 Å². The van der Waals surface area contributed by atoms with Gasteiger partial charge in [0.2, 0.25) is 0 Å². The molecule has 0 aliphatic carbocycles. The van der Waals surface area contributed by atoms with Gasteiger partial charge in [-0.2, -0.15) is 0 Å². The van der Waals surface area contributed by atoms with Gasteiger partial charge < -0.3 is 20.7 Å². The molecule has 1 fully saturated rings. The van der Waals surface area contributed by atoms with Crippen molar-refractivity contribution in [2.24, 2.45) is 4.99 Å². The summed E-state index contributed by atoms with van der Waals surface area (Å²) in [6.07, 6.45) is 1.43. The summed E-state index contributed by atoms with van der Waals surface area (Å²) >= 11 is 0. The van der Waals surface area contributed by atoms with Gasteiger partial charge in [0, 0.05) is 31.9 Å². The van der Waals surface area contributed by atoms with Gasteiger partial charge in [-0.05, 0) is 44.4 Å². The Balaban J connectivity index is 0.00000288. The van der Waals surface area contributed by atoms with Crippen LogP contribution in [0.3, 0.4) is 0 Å². The Morgan fingerprint density at radius 3 is 2.83 bits per heavy atom. The van der Waals surface area contributed by atoms with E-state index >= 15 is 0 Å². The molecule has 134 valence electrons. The van der Waals surface area contributed by atoms with Crippen LogP contribution in [-0.4, -0.2) is 37.7 Å². The van der Waals surface area contributed by atoms with Crippen LogP contribution in [0, 0.1) is 0 Å². The van der Waals surface area contributed by atoms with Crippen molar-refractivity contribution in [3.05, 3.63) is 29.8 Å². The molecule has 1 saturated heterocycles. The highest BCUT2D eigenvalue weighted by molar-refractivity contribution is 14.0. The quantitative estimate of drug-likeness (QED) is 0.369. The highest BCUT2D eigenvalue weighted by atomic mass is 127. The van der Waals surface area contributed by atoms with E-state index in [1.54, 1.807) is 7.05 Å². The van der Waals surface area contributed by atoms with Crippen molar-refractivity contribution in [3.63, 3.8) is 0 Å². The van der Waals surface area contributed by atoms with Gasteiger partial charge in [0.1, 0.15) is 6.10 Å². The first-order chi connectivity index (χ1) is 11.1. The number of rotatable bonds is 5. The minimum atomic E-state index is -0.314. The Morgan fingerprint density at radius 2 is 2.21 bits per heavy atom. The fourth-order valence-corrected chi connectivity index (χ4v) is 2.42. The minimum absolute atomic E-state index is 0. The van der Waals surface area contributed by atoms with Crippen LogP contribution in [0.25, 0.3) is 0 Å². The topological polar surface area (TPSA) is 74.8 Å². The lowest BCUT2D eigenvalue weighted by Gasteiger charge is -2.15. The molecule has 1 aliphatic heterocycles. The molecule has 1 aromatic carbocycles. The standard InChI is InChI=1S/C17H26N4O2.HI/c1-12(2)20-17(18-3)19-11-13-6-4-7-14(10-13)21-16(22)15-8-5-9-23-15;/h4,6-7,10,12,15H,5,8-9,11H2,1-3H3,(H,21,22)(H2,18,19,20);1H. The summed E-state index contributed by atoms with van der Waals surface area (Å²) in [5.41, 5.74) is 1.86. The lowest BCUT2D eigenvalue weighted by molar-refractivity contribution is -0.124. The smallest absolute Gasteiger partial charge is 0.253 e. The third-order valence-corrected chi connectivity index (χ3v) is 3.53. The number of nitrogens with one attached hydrogen (secondary N) is 3. The highest BCUT2D eigenvalue weighted by Crippen LogP contribution is 2.16. The summed E-state index contributed by atoms with van der Waals surface area (Å²) in [5.74, 6) is 0.693. The zero-order valence-corrected chi connectivity index (χ0v) is 16.8. The average Bonchev–Trinajstić information content (AvgIpc) is 3.06. The van der Waals surface area contributed by atoms with E-state index in [0.29, 0.717) is 19.2 Å². The number of hydrogen-bond donors (Lipinski definition) is 3. The van der Waals surface area contributed by atoms with Crippen LogP contribution in [0.5, 0.6) is 0 Å². The Labute approximate surface area is 160 Å². The van der Waals surface area contributed by atoms with Crippen LogP contribution < -0.4 is 16.0 Å². The van der Waals surface area contributed by atoms with Crippen LogP contribution >= 0.6 is 24.0 Å². The Morgan fingerprint density at radius 1 is 1.42 bits per heavy atom. The van der Waals surface area contributed by atoms with E-state index in [1.165, 1.54) is 0 Å². The van der Waals surface area contributed by atoms with Gasteiger partial charge >= 0.3 is 0 Å². The summed E-state index contributed by atoms with van der Waals surface area (Å²) in [6, 6.07) is 8.11. The molecule has 1 heterocycles. The van der Waals surface area contributed by atoms with Gasteiger partial charge in [-0.1, -0.05) is 12.1 Å². The number of nitrogens with zero attached hydrogens (tertiary/aromatic N) is 1. The zero-order valence-electron chi connectivity index (χ0n) is 14.5. The van der Waals surface area contributed by atoms with Gasteiger partial charge in [-0.3, -0.25) is 9.79 Å². The second-order valence-corrected chi connectivity index (χ2v) is 5.92. The number of aliphatic imine (C=N–C) groups is 1. The van der Waals surface area contributed by atoms with E-state index in [-0.39, 0.29) is 36.0 Å². The maximum absolute atomic E-state index is 12.1. The molecular formula is C17H27IN4O2. The molecule has 1 amide bonds. The molecule has 0 radical (unpaired) electrons. The molecule has 2 rings (SSSR count). The van der Waals surface area contributed by atoms with E-state index < -0.39 is 0 Å². The van der Waals surface area contributed by atoms with Crippen molar-refractivity contribution in [2.75, 3.05) is 19.0 Å². The summed E-state index contributed by atoms with van der Waals surface area (Å²) in [7, 11) is 1.75. The van der Waals surface area contributed by atoms with Gasteiger partial charge in [0.05, 0.1) is 0 Å². The first kappa shape index (κ1) is 20.7. The fourth-order valence-electron chi connectivity index (χ4n) is 2.42. The average molecular weight is 446 g/mol. The molecule has 0 aromatic heterocycles. The summed E-state index contributed by atoms with van der Waals surface area (Å²) < 4.78 is 5.40. The number of halogens is 1. The fraction of sp³-hybridized carbons (Fsp3) is 0.529. The second kappa shape index (κ2) is 10.5. The zero-order chi connectivity index (χ0) is 16.7. The van der Waals surface area contributed by atoms with E-state index in [0.717, 1.165) is 30.1 Å². The first-order valence-corrected chi connectivity index (χ1v) is 8.07.